The zero-order chi connectivity index (χ0) is 15.2. The lowest BCUT2D eigenvalue weighted by Gasteiger charge is -2.35. The molecule has 1 aliphatic rings. The first-order valence-electron chi connectivity index (χ1n) is 7.11. The Bertz CT molecular complexity index is 310. The number of piperidine rings is 1. The summed E-state index contributed by atoms with van der Waals surface area (Å²) in [5.74, 6) is -0.113. The molecule has 1 saturated heterocycles. The van der Waals surface area contributed by atoms with Crippen molar-refractivity contribution in [2.24, 2.45) is 5.92 Å². The van der Waals surface area contributed by atoms with E-state index in [1.54, 1.807) is 0 Å². The van der Waals surface area contributed by atoms with Gasteiger partial charge in [0.2, 0.25) is 5.91 Å². The van der Waals surface area contributed by atoms with Gasteiger partial charge in [0.05, 0.1) is 6.54 Å². The Morgan fingerprint density at radius 3 is 2.75 bits per heavy atom. The highest BCUT2D eigenvalue weighted by Crippen LogP contribution is 2.19. The van der Waals surface area contributed by atoms with Crippen LogP contribution >= 0.6 is 0 Å². The number of nitrogens with one attached hydrogen (secondary N) is 2. The predicted octanol–water partition coefficient (Wildman–Crippen LogP) is 1.37. The third-order valence-electron chi connectivity index (χ3n) is 3.63. The Morgan fingerprint density at radius 2 is 2.15 bits per heavy atom. The fourth-order valence-corrected chi connectivity index (χ4v) is 2.59. The van der Waals surface area contributed by atoms with Crippen LogP contribution in [0.25, 0.3) is 0 Å². The largest absolute Gasteiger partial charge is 0.405 e. The highest BCUT2D eigenvalue weighted by atomic mass is 19.4. The van der Waals surface area contributed by atoms with E-state index in [0.717, 1.165) is 32.5 Å². The molecule has 2 atom stereocenters. The van der Waals surface area contributed by atoms with Crippen molar-refractivity contribution in [2.45, 2.75) is 38.9 Å². The summed E-state index contributed by atoms with van der Waals surface area (Å²) in [5, 5.41) is 5.28. The minimum absolute atomic E-state index is 0.0470. The lowest BCUT2D eigenvalue weighted by molar-refractivity contribution is -0.139. The summed E-state index contributed by atoms with van der Waals surface area (Å²) in [4.78, 5) is 13.4. The van der Waals surface area contributed by atoms with E-state index in [2.05, 4.69) is 12.2 Å². The molecule has 0 spiro atoms. The van der Waals surface area contributed by atoms with Crippen molar-refractivity contribution in [3.8, 4) is 0 Å². The van der Waals surface area contributed by atoms with Crippen LogP contribution in [0.15, 0.2) is 0 Å². The number of rotatable bonds is 6. The molecule has 118 valence electrons. The van der Waals surface area contributed by atoms with Gasteiger partial charge in [0.1, 0.15) is 6.54 Å². The first-order valence-corrected chi connectivity index (χ1v) is 7.11. The summed E-state index contributed by atoms with van der Waals surface area (Å²) in [7, 11) is 0. The molecule has 0 saturated carbocycles. The number of carbonyl (C=O) groups is 1. The molecule has 0 aromatic carbocycles. The molecule has 1 amide bonds. The third-order valence-corrected chi connectivity index (χ3v) is 3.63. The molecule has 0 bridgehead atoms. The Labute approximate surface area is 118 Å². The molecule has 2 unspecified atom stereocenters. The van der Waals surface area contributed by atoms with Gasteiger partial charge in [0.15, 0.2) is 0 Å². The van der Waals surface area contributed by atoms with Gasteiger partial charge in [-0.1, -0.05) is 6.92 Å². The number of halogens is 3. The van der Waals surface area contributed by atoms with E-state index >= 15 is 0 Å². The van der Waals surface area contributed by atoms with Crippen molar-refractivity contribution in [1.82, 2.24) is 15.5 Å². The van der Waals surface area contributed by atoms with Crippen LogP contribution in [-0.2, 0) is 4.79 Å². The maximum Gasteiger partial charge on any atom is 0.405 e. The van der Waals surface area contributed by atoms with E-state index in [1.165, 1.54) is 0 Å². The summed E-state index contributed by atoms with van der Waals surface area (Å²) in [6.45, 7) is 5.37. The molecule has 1 aliphatic heterocycles. The van der Waals surface area contributed by atoms with Crippen LogP contribution < -0.4 is 10.6 Å². The minimum atomic E-state index is -4.35. The summed E-state index contributed by atoms with van der Waals surface area (Å²) in [6.07, 6.45) is -2.28. The Hall–Kier alpha value is -0.820. The molecule has 0 radical (unpaired) electrons. The second-order valence-corrected chi connectivity index (χ2v) is 5.38. The van der Waals surface area contributed by atoms with Gasteiger partial charge < -0.3 is 10.6 Å². The van der Waals surface area contributed by atoms with Crippen LogP contribution in [0.1, 0.15) is 26.7 Å². The summed E-state index contributed by atoms with van der Waals surface area (Å²) in [6, 6.07) is 0.362. The van der Waals surface area contributed by atoms with E-state index < -0.39 is 18.6 Å². The monoisotopic (exact) mass is 295 g/mol. The molecule has 1 rings (SSSR count). The number of alkyl halides is 3. The minimum Gasteiger partial charge on any atom is -0.346 e. The van der Waals surface area contributed by atoms with Crippen molar-refractivity contribution in [1.29, 1.82) is 0 Å². The molecular weight excluding hydrogens is 271 g/mol. The number of hydrogen-bond acceptors (Lipinski definition) is 3. The zero-order valence-corrected chi connectivity index (χ0v) is 12.1. The molecule has 0 aliphatic carbocycles. The van der Waals surface area contributed by atoms with Gasteiger partial charge in [-0.05, 0) is 38.8 Å². The predicted molar refractivity (Wildman–Crippen MR) is 71.4 cm³/mol. The van der Waals surface area contributed by atoms with Crippen LogP contribution in [0.4, 0.5) is 13.2 Å². The number of likely N-dealkylation sites (tertiary alicyclic amines) is 1. The standard InChI is InChI=1S/C13H24F3N3O/c1-3-17-10(2)11-5-4-6-19(7-11)8-12(20)18-9-13(14,15)16/h10-11,17H,3-9H2,1-2H3,(H,18,20). The zero-order valence-electron chi connectivity index (χ0n) is 12.1. The highest BCUT2D eigenvalue weighted by Gasteiger charge is 2.29. The van der Waals surface area contributed by atoms with Crippen molar-refractivity contribution in [2.75, 3.05) is 32.7 Å². The molecular formula is C13H24F3N3O. The second-order valence-electron chi connectivity index (χ2n) is 5.38. The van der Waals surface area contributed by atoms with E-state index in [4.69, 9.17) is 0 Å². The second kappa shape index (κ2) is 7.83. The van der Waals surface area contributed by atoms with Gasteiger partial charge >= 0.3 is 6.18 Å². The van der Waals surface area contributed by atoms with Crippen molar-refractivity contribution in [3.63, 3.8) is 0 Å². The number of amides is 1. The smallest absolute Gasteiger partial charge is 0.346 e. The normalized spacial score (nSPS) is 22.6. The molecule has 2 N–H and O–H groups in total. The number of carbonyl (C=O) groups excluding carboxylic acids is 1. The maximum atomic E-state index is 12.0. The average molecular weight is 295 g/mol. The number of nitrogens with zero attached hydrogens (tertiary/aromatic N) is 1. The Balaban J connectivity index is 2.34. The topological polar surface area (TPSA) is 44.4 Å². The molecule has 0 aromatic rings. The number of hydrogen-bond donors (Lipinski definition) is 2. The van der Waals surface area contributed by atoms with Crippen LogP contribution in [0.2, 0.25) is 0 Å². The van der Waals surface area contributed by atoms with Gasteiger partial charge in [-0.2, -0.15) is 13.2 Å². The van der Waals surface area contributed by atoms with Crippen molar-refractivity contribution < 1.29 is 18.0 Å². The van der Waals surface area contributed by atoms with Gasteiger partial charge in [-0.25, -0.2) is 0 Å². The molecule has 20 heavy (non-hydrogen) atoms. The van der Waals surface area contributed by atoms with Gasteiger partial charge in [-0.15, -0.1) is 0 Å². The van der Waals surface area contributed by atoms with Crippen LogP contribution in [0.5, 0.6) is 0 Å². The SMILES string of the molecule is CCNC(C)C1CCCN(CC(=O)NCC(F)(F)F)C1. The Morgan fingerprint density at radius 1 is 1.45 bits per heavy atom. The average Bonchev–Trinajstić information content (AvgIpc) is 2.36. The van der Waals surface area contributed by atoms with Gasteiger partial charge in [0, 0.05) is 12.6 Å². The van der Waals surface area contributed by atoms with E-state index in [1.807, 2.05) is 17.1 Å². The molecule has 4 nitrogen and oxygen atoms in total. The van der Waals surface area contributed by atoms with Crippen molar-refractivity contribution in [3.05, 3.63) is 0 Å². The first-order chi connectivity index (χ1) is 9.31. The summed E-state index contributed by atoms with van der Waals surface area (Å²) >= 11 is 0. The molecule has 7 heteroatoms. The summed E-state index contributed by atoms with van der Waals surface area (Å²) in [5.41, 5.74) is 0. The molecule has 1 heterocycles. The summed E-state index contributed by atoms with van der Waals surface area (Å²) < 4.78 is 36.0. The lowest BCUT2D eigenvalue weighted by Crippen LogP contribution is -2.48. The maximum absolute atomic E-state index is 12.0. The highest BCUT2D eigenvalue weighted by molar-refractivity contribution is 5.78. The van der Waals surface area contributed by atoms with E-state index in [0.29, 0.717) is 12.0 Å². The molecule has 0 aromatic heterocycles. The van der Waals surface area contributed by atoms with Gasteiger partial charge in [-0.3, -0.25) is 9.69 Å². The lowest BCUT2D eigenvalue weighted by atomic mass is 9.91. The Kier molecular flexibility index (Phi) is 6.75. The first kappa shape index (κ1) is 17.2. The molecule has 1 fully saturated rings. The quantitative estimate of drug-likeness (QED) is 0.778. The van der Waals surface area contributed by atoms with E-state index in [-0.39, 0.29) is 6.54 Å². The van der Waals surface area contributed by atoms with Crippen LogP contribution in [0, 0.1) is 5.92 Å². The van der Waals surface area contributed by atoms with E-state index in [9.17, 15) is 18.0 Å². The fraction of sp³-hybridized carbons (Fsp3) is 0.923. The third kappa shape index (κ3) is 6.56. The van der Waals surface area contributed by atoms with Crippen LogP contribution in [0.3, 0.4) is 0 Å². The fourth-order valence-electron chi connectivity index (χ4n) is 2.59. The van der Waals surface area contributed by atoms with Crippen LogP contribution in [-0.4, -0.2) is 55.7 Å². The van der Waals surface area contributed by atoms with Crippen molar-refractivity contribution >= 4 is 5.91 Å². The van der Waals surface area contributed by atoms with Gasteiger partial charge in [0.25, 0.3) is 0 Å².